The lowest BCUT2D eigenvalue weighted by Crippen LogP contribution is -2.45. The first kappa shape index (κ1) is 86.7. The van der Waals surface area contributed by atoms with E-state index in [4.69, 9.17) is 9.05 Å². The lowest BCUT2D eigenvalue weighted by Gasteiger charge is -2.25. The average Bonchev–Trinajstić information content (AvgIpc) is 3.58. The maximum Gasteiger partial charge on any atom is 0.472 e. The van der Waals surface area contributed by atoms with E-state index in [2.05, 4.69) is 43.5 Å². The lowest BCUT2D eigenvalue weighted by molar-refractivity contribution is -0.870. The van der Waals surface area contributed by atoms with E-state index in [0.717, 1.165) is 44.9 Å². The van der Waals surface area contributed by atoms with E-state index in [1.54, 1.807) is 6.08 Å². The molecule has 0 aromatic heterocycles. The molecule has 0 saturated carbocycles. The van der Waals surface area contributed by atoms with E-state index >= 15 is 0 Å². The molecule has 522 valence electrons. The third-order valence-corrected chi connectivity index (χ3v) is 19.3. The van der Waals surface area contributed by atoms with Gasteiger partial charge in [-0.3, -0.25) is 13.8 Å². The maximum absolute atomic E-state index is 13.1. The van der Waals surface area contributed by atoms with E-state index in [9.17, 15) is 19.4 Å². The fourth-order valence-corrected chi connectivity index (χ4v) is 13.0. The molecule has 0 aliphatic rings. The Morgan fingerprint density at radius 2 is 0.625 bits per heavy atom. The van der Waals surface area contributed by atoms with Gasteiger partial charge in [0.25, 0.3) is 0 Å². The normalized spacial score (nSPS) is 13.7. The monoisotopic (exact) mass is 1260 g/mol. The molecule has 3 atom stereocenters. The third kappa shape index (κ3) is 72.2. The first-order chi connectivity index (χ1) is 43.0. The zero-order chi connectivity index (χ0) is 64.1. The summed E-state index contributed by atoms with van der Waals surface area (Å²) in [5.41, 5.74) is 0. The number of allylic oxidation sites excluding steroid dienone is 5. The molecular weight excluding hydrogens is 1100 g/mol. The zero-order valence-corrected chi connectivity index (χ0v) is 60.9. The highest BCUT2D eigenvalue weighted by molar-refractivity contribution is 7.47. The Bertz CT molecular complexity index is 1530. The van der Waals surface area contributed by atoms with E-state index in [1.165, 1.54) is 347 Å². The molecule has 3 N–H and O–H groups in total. The van der Waals surface area contributed by atoms with Crippen molar-refractivity contribution < 1.29 is 32.9 Å². The van der Waals surface area contributed by atoms with Crippen LogP contribution in [0, 0.1) is 0 Å². The van der Waals surface area contributed by atoms with Gasteiger partial charge < -0.3 is 19.8 Å². The summed E-state index contributed by atoms with van der Waals surface area (Å²) < 4.78 is 23.8. The van der Waals surface area contributed by atoms with Crippen LogP contribution in [0.25, 0.3) is 0 Å². The molecule has 0 radical (unpaired) electrons. The molecule has 0 fully saturated rings. The molecule has 88 heavy (non-hydrogen) atoms. The van der Waals surface area contributed by atoms with Crippen LogP contribution in [0.1, 0.15) is 412 Å². The maximum atomic E-state index is 13.1. The minimum absolute atomic E-state index is 0.0555. The van der Waals surface area contributed by atoms with Crippen LogP contribution in [0.2, 0.25) is 0 Å². The van der Waals surface area contributed by atoms with Crippen LogP contribution < -0.4 is 5.32 Å². The number of carbonyl (C=O) groups is 1. The molecule has 0 aromatic carbocycles. The molecule has 9 heteroatoms. The first-order valence-corrected chi connectivity index (χ1v) is 40.9. The highest BCUT2D eigenvalue weighted by Crippen LogP contribution is 2.43. The van der Waals surface area contributed by atoms with E-state index in [-0.39, 0.29) is 19.1 Å². The van der Waals surface area contributed by atoms with Gasteiger partial charge in [-0.25, -0.2) is 4.57 Å². The van der Waals surface area contributed by atoms with Gasteiger partial charge in [0.1, 0.15) is 13.2 Å². The van der Waals surface area contributed by atoms with Crippen LogP contribution in [0.4, 0.5) is 0 Å². The Balaban J connectivity index is 3.96. The molecule has 0 rings (SSSR count). The van der Waals surface area contributed by atoms with E-state index < -0.39 is 20.0 Å². The van der Waals surface area contributed by atoms with Crippen LogP contribution in [0.5, 0.6) is 0 Å². The van der Waals surface area contributed by atoms with Crippen molar-refractivity contribution >= 4 is 13.7 Å². The third-order valence-electron chi connectivity index (χ3n) is 18.3. The molecule has 0 bridgehead atoms. The number of phosphoric acid groups is 1. The first-order valence-electron chi connectivity index (χ1n) is 39.4. The van der Waals surface area contributed by atoms with E-state index in [0.29, 0.717) is 17.4 Å². The number of quaternary nitrogens is 1. The fourth-order valence-electron chi connectivity index (χ4n) is 12.3. The highest BCUT2D eigenvalue weighted by Gasteiger charge is 2.28. The van der Waals surface area contributed by atoms with Crippen molar-refractivity contribution in [2.45, 2.75) is 424 Å². The summed E-state index contributed by atoms with van der Waals surface area (Å²) in [6, 6.07) is -0.870. The Morgan fingerprint density at radius 3 is 0.909 bits per heavy atom. The van der Waals surface area contributed by atoms with Gasteiger partial charge in [0.05, 0.1) is 39.9 Å². The largest absolute Gasteiger partial charge is 0.472 e. The minimum Gasteiger partial charge on any atom is -0.387 e. The topological polar surface area (TPSA) is 105 Å². The van der Waals surface area contributed by atoms with E-state index in [1.807, 2.05) is 27.2 Å². The molecular formula is C79H156N2O6P+. The predicted molar refractivity (Wildman–Crippen MR) is 388 cm³/mol. The second-order valence-electron chi connectivity index (χ2n) is 28.4. The molecule has 0 spiro atoms. The summed E-state index contributed by atoms with van der Waals surface area (Å²) >= 11 is 0. The zero-order valence-electron chi connectivity index (χ0n) is 60.0. The number of unbranched alkanes of at least 4 members (excludes halogenated alkanes) is 57. The van der Waals surface area contributed by atoms with Crippen molar-refractivity contribution in [3.05, 3.63) is 36.5 Å². The SMILES string of the molecule is CCCCCCCCCCCCCCCCCCC/C=C/CC/C=C/CC/C=C/C(O)C(COP(=O)(O)OCC[N+](C)(C)C)NC(=O)CCCCCCCCCCCCCCCCCCCCCCCCCCCCCCCCCCCCCCCCC. The Kier molecular flexibility index (Phi) is 69.0. The summed E-state index contributed by atoms with van der Waals surface area (Å²) in [5.74, 6) is -0.182. The van der Waals surface area contributed by atoms with Crippen LogP contribution in [0.15, 0.2) is 36.5 Å². The molecule has 3 unspecified atom stereocenters. The smallest absolute Gasteiger partial charge is 0.387 e. The highest BCUT2D eigenvalue weighted by atomic mass is 31.2. The van der Waals surface area contributed by atoms with Gasteiger partial charge in [-0.05, 0) is 44.9 Å². The number of nitrogens with zero attached hydrogens (tertiary/aromatic N) is 1. The van der Waals surface area contributed by atoms with Crippen LogP contribution in [0.3, 0.4) is 0 Å². The van der Waals surface area contributed by atoms with Gasteiger partial charge in [-0.1, -0.05) is 397 Å². The number of aliphatic hydroxyl groups excluding tert-OH is 1. The van der Waals surface area contributed by atoms with Crippen molar-refractivity contribution in [3.63, 3.8) is 0 Å². The molecule has 0 heterocycles. The second kappa shape index (κ2) is 70.0. The number of amides is 1. The summed E-state index contributed by atoms with van der Waals surface area (Å²) in [5, 5.41) is 14.0. The number of phosphoric ester groups is 1. The quantitative estimate of drug-likeness (QED) is 0.0243. The molecule has 8 nitrogen and oxygen atoms in total. The predicted octanol–water partition coefficient (Wildman–Crippen LogP) is 25.6. The Morgan fingerprint density at radius 1 is 0.375 bits per heavy atom. The van der Waals surface area contributed by atoms with Crippen LogP contribution >= 0.6 is 7.82 Å². The molecule has 0 aliphatic carbocycles. The summed E-state index contributed by atoms with van der Waals surface area (Å²) in [6.45, 7) is 4.86. The van der Waals surface area contributed by atoms with Gasteiger partial charge in [0.15, 0.2) is 0 Å². The molecule has 0 aromatic rings. The number of carbonyl (C=O) groups excluding carboxylic acids is 1. The van der Waals surface area contributed by atoms with Crippen molar-refractivity contribution in [1.29, 1.82) is 0 Å². The standard InChI is InChI=1S/C79H155N2O6P/c1-6-8-10-12-14-16-18-20-22-24-26-28-30-32-34-35-36-37-38-39-40-41-42-43-44-45-47-49-51-53-55-57-59-61-63-65-67-69-71-73-79(83)80-77(76-87-88(84,85)86-75-74-81(3,4)5)78(82)72-70-68-66-64-62-60-58-56-54-52-50-48-46-33-31-29-27-25-23-21-19-17-15-13-11-9-7-2/h54,56,62,64,70,72,77-78,82H,6-53,55,57-61,63,65-69,71,73-76H2,1-5H3,(H-,80,83,84,85)/p+1/b56-54+,64-62+,72-70+. The number of rotatable bonds is 74. The van der Waals surface area contributed by atoms with Crippen LogP contribution in [-0.2, 0) is 18.4 Å². The fraction of sp³-hybridized carbons (Fsp3) is 0.911. The molecule has 0 saturated heterocycles. The number of hydrogen-bond acceptors (Lipinski definition) is 5. The van der Waals surface area contributed by atoms with Gasteiger partial charge >= 0.3 is 7.82 Å². The van der Waals surface area contributed by atoms with Crippen LogP contribution in [-0.4, -0.2) is 73.4 Å². The summed E-state index contributed by atoms with van der Waals surface area (Å²) in [7, 11) is 1.57. The minimum atomic E-state index is -4.37. The van der Waals surface area contributed by atoms with Crippen molar-refractivity contribution in [1.82, 2.24) is 5.32 Å². The Labute approximate surface area is 550 Å². The van der Waals surface area contributed by atoms with Crippen molar-refractivity contribution in [3.8, 4) is 0 Å². The number of nitrogens with one attached hydrogen (secondary N) is 1. The van der Waals surface area contributed by atoms with Gasteiger partial charge in [-0.2, -0.15) is 0 Å². The second-order valence-corrected chi connectivity index (χ2v) is 29.9. The van der Waals surface area contributed by atoms with Crippen molar-refractivity contribution in [2.24, 2.45) is 0 Å². The number of aliphatic hydroxyl groups is 1. The number of likely N-dealkylation sites (N-methyl/N-ethyl adjacent to an activating group) is 1. The Hall–Kier alpha value is -1.28. The average molecular weight is 1260 g/mol. The van der Waals surface area contributed by atoms with Gasteiger partial charge in [0.2, 0.25) is 5.91 Å². The molecule has 0 aliphatic heterocycles. The summed E-state index contributed by atoms with van der Waals surface area (Å²) in [6.07, 6.45) is 95.0. The van der Waals surface area contributed by atoms with Crippen molar-refractivity contribution in [2.75, 3.05) is 40.9 Å². The van der Waals surface area contributed by atoms with Gasteiger partial charge in [-0.15, -0.1) is 0 Å². The number of hydrogen-bond donors (Lipinski definition) is 3. The lowest BCUT2D eigenvalue weighted by atomic mass is 10.0. The summed E-state index contributed by atoms with van der Waals surface area (Å²) in [4.78, 5) is 23.5. The molecule has 1 amide bonds. The van der Waals surface area contributed by atoms with Gasteiger partial charge in [0, 0.05) is 6.42 Å².